The average Bonchev–Trinajstić information content (AvgIpc) is 2.45. The fourth-order valence-corrected chi connectivity index (χ4v) is 13.2. The van der Waals surface area contributed by atoms with E-state index in [4.69, 9.17) is 31.0 Å². The summed E-state index contributed by atoms with van der Waals surface area (Å²) in [5, 5.41) is 0. The van der Waals surface area contributed by atoms with Crippen LogP contribution in [0.25, 0.3) is 0 Å². The van der Waals surface area contributed by atoms with E-state index in [1.807, 2.05) is 39.3 Å². The standard InChI is InChI=1S/C20H51O8PSi5/c1-30(2,3)24-17-16-22-20(19(26-32(7,8)9)18(17)25-31(4,5)6)23-29(21,27-33(10,11)12)28-34(13,14)15/h17-20H,16H2,1-15H3/t17-,18+,19-,20?/m1/s1. The lowest BCUT2D eigenvalue weighted by Gasteiger charge is -2.48. The Bertz CT molecular complexity index is 686. The molecule has 1 heterocycles. The Morgan fingerprint density at radius 3 is 1.32 bits per heavy atom. The Morgan fingerprint density at radius 2 is 0.971 bits per heavy atom. The lowest BCUT2D eigenvalue weighted by molar-refractivity contribution is -0.233. The van der Waals surface area contributed by atoms with Crippen LogP contribution in [-0.4, -0.2) is 72.8 Å². The first-order valence-electron chi connectivity index (χ1n) is 12.1. The molecule has 14 heteroatoms. The molecule has 1 fully saturated rings. The maximum atomic E-state index is 13.9. The number of rotatable bonds is 12. The molecular weight excluding hydrogens is 540 g/mol. The molecule has 1 saturated heterocycles. The fraction of sp³-hybridized carbons (Fsp3) is 1.00. The second-order valence-corrected chi connectivity index (χ2v) is 38.2. The van der Waals surface area contributed by atoms with Crippen molar-refractivity contribution in [3.05, 3.63) is 0 Å². The van der Waals surface area contributed by atoms with E-state index < -0.39 is 67.9 Å². The molecular formula is C20H51O8PSi5. The molecule has 0 aliphatic carbocycles. The molecule has 0 N–H and O–H groups in total. The van der Waals surface area contributed by atoms with E-state index in [1.54, 1.807) is 0 Å². The van der Waals surface area contributed by atoms with Crippen LogP contribution in [0.3, 0.4) is 0 Å². The highest BCUT2D eigenvalue weighted by atomic mass is 31.2. The summed E-state index contributed by atoms with van der Waals surface area (Å²) in [6, 6.07) is 0. The topological polar surface area (TPSA) is 81.7 Å². The van der Waals surface area contributed by atoms with Crippen LogP contribution in [0.2, 0.25) is 98.2 Å². The third-order valence-corrected chi connectivity index (χ3v) is 13.5. The third-order valence-electron chi connectivity index (χ3n) is 3.87. The zero-order valence-corrected chi connectivity index (χ0v) is 30.1. The molecule has 0 bridgehead atoms. The van der Waals surface area contributed by atoms with E-state index in [-0.39, 0.29) is 12.7 Å². The molecule has 0 aromatic heterocycles. The summed E-state index contributed by atoms with van der Waals surface area (Å²) in [5.41, 5.74) is 0. The molecule has 0 radical (unpaired) electrons. The monoisotopic (exact) mass is 590 g/mol. The van der Waals surface area contributed by atoms with Crippen LogP contribution in [0.15, 0.2) is 0 Å². The molecule has 4 atom stereocenters. The Morgan fingerprint density at radius 1 is 0.588 bits per heavy atom. The SMILES string of the molecule is C[Si](C)(C)O[C@H]1[C@H](O[Si](C)(C)C)COC(OP(=O)(O[Si](C)(C)C)O[Si](C)(C)C)[C@@H]1O[Si](C)(C)C. The van der Waals surface area contributed by atoms with Gasteiger partial charge in [-0.1, -0.05) is 0 Å². The number of phosphoric acid groups is 1. The van der Waals surface area contributed by atoms with Gasteiger partial charge in [-0.25, -0.2) is 4.57 Å². The van der Waals surface area contributed by atoms with Gasteiger partial charge in [0.25, 0.3) is 0 Å². The van der Waals surface area contributed by atoms with Crippen molar-refractivity contribution in [2.45, 2.75) is 123 Å². The van der Waals surface area contributed by atoms with Gasteiger partial charge in [-0.15, -0.1) is 0 Å². The predicted molar refractivity (Wildman–Crippen MR) is 152 cm³/mol. The smallest absolute Gasteiger partial charge is 0.410 e. The number of hydrogen-bond donors (Lipinski definition) is 0. The van der Waals surface area contributed by atoms with Crippen molar-refractivity contribution >= 4 is 49.4 Å². The first kappa shape index (κ1) is 33.1. The van der Waals surface area contributed by atoms with Crippen molar-refractivity contribution in [2.24, 2.45) is 0 Å². The van der Waals surface area contributed by atoms with Crippen LogP contribution in [0.4, 0.5) is 0 Å². The first-order chi connectivity index (χ1) is 14.8. The third kappa shape index (κ3) is 13.5. The van der Waals surface area contributed by atoms with E-state index in [1.165, 1.54) is 0 Å². The summed E-state index contributed by atoms with van der Waals surface area (Å²) >= 11 is 0. The molecule has 204 valence electrons. The van der Waals surface area contributed by atoms with Crippen molar-refractivity contribution in [1.29, 1.82) is 0 Å². The highest BCUT2D eigenvalue weighted by Crippen LogP contribution is 2.56. The Labute approximate surface area is 214 Å². The van der Waals surface area contributed by atoms with E-state index in [0.717, 1.165) is 0 Å². The predicted octanol–water partition coefficient (Wildman–Crippen LogP) is 6.83. The van der Waals surface area contributed by atoms with Crippen molar-refractivity contribution in [3.8, 4) is 0 Å². The maximum absolute atomic E-state index is 13.9. The molecule has 0 aromatic carbocycles. The highest BCUT2D eigenvalue weighted by molar-refractivity contribution is 7.52. The van der Waals surface area contributed by atoms with Gasteiger partial charge < -0.3 is 26.4 Å². The summed E-state index contributed by atoms with van der Waals surface area (Å²) in [4.78, 5) is 0. The van der Waals surface area contributed by atoms with Crippen LogP contribution in [0.5, 0.6) is 0 Å². The summed E-state index contributed by atoms with van der Waals surface area (Å²) < 4.78 is 58.1. The van der Waals surface area contributed by atoms with Gasteiger partial charge in [0.15, 0.2) is 47.9 Å². The minimum absolute atomic E-state index is 0.259. The minimum atomic E-state index is -3.91. The fourth-order valence-electron chi connectivity index (χ4n) is 3.33. The molecule has 8 nitrogen and oxygen atoms in total. The van der Waals surface area contributed by atoms with Crippen LogP contribution in [0, 0.1) is 0 Å². The van der Waals surface area contributed by atoms with E-state index in [2.05, 4.69) is 58.9 Å². The molecule has 0 saturated carbocycles. The molecule has 1 unspecified atom stereocenters. The van der Waals surface area contributed by atoms with E-state index in [9.17, 15) is 4.57 Å². The van der Waals surface area contributed by atoms with Crippen molar-refractivity contribution < 1.29 is 35.5 Å². The second-order valence-electron chi connectivity index (χ2n) is 13.8. The molecule has 34 heavy (non-hydrogen) atoms. The van der Waals surface area contributed by atoms with Gasteiger partial charge in [0, 0.05) is 0 Å². The average molecular weight is 591 g/mol. The van der Waals surface area contributed by atoms with Gasteiger partial charge >= 0.3 is 7.82 Å². The number of ether oxygens (including phenoxy) is 1. The van der Waals surface area contributed by atoms with E-state index in [0.29, 0.717) is 0 Å². The van der Waals surface area contributed by atoms with Gasteiger partial charge in [0.2, 0.25) is 0 Å². The van der Waals surface area contributed by atoms with Crippen LogP contribution in [0.1, 0.15) is 0 Å². The quantitative estimate of drug-likeness (QED) is 0.181. The molecule has 0 spiro atoms. The van der Waals surface area contributed by atoms with Gasteiger partial charge in [0.05, 0.1) is 12.7 Å². The largest absolute Gasteiger partial charge is 0.457 e. The van der Waals surface area contributed by atoms with Gasteiger partial charge in [-0.3, -0.25) is 4.52 Å². The van der Waals surface area contributed by atoms with Gasteiger partial charge in [-0.2, -0.15) is 0 Å². The van der Waals surface area contributed by atoms with Gasteiger partial charge in [-0.05, 0) is 98.2 Å². The zero-order chi connectivity index (χ0) is 27.0. The molecule has 1 aliphatic heterocycles. The Kier molecular flexibility index (Phi) is 11.1. The lowest BCUT2D eigenvalue weighted by Crippen LogP contribution is -2.62. The van der Waals surface area contributed by atoms with Crippen LogP contribution < -0.4 is 0 Å². The van der Waals surface area contributed by atoms with Crippen molar-refractivity contribution in [3.63, 3.8) is 0 Å². The van der Waals surface area contributed by atoms with E-state index >= 15 is 0 Å². The molecule has 0 aromatic rings. The summed E-state index contributed by atoms with van der Waals surface area (Å²) in [5.74, 6) is 0. The first-order valence-corrected chi connectivity index (χ1v) is 30.6. The minimum Gasteiger partial charge on any atom is -0.410 e. The molecule has 1 rings (SSSR count). The van der Waals surface area contributed by atoms with Crippen LogP contribution >= 0.6 is 7.82 Å². The van der Waals surface area contributed by atoms with Crippen molar-refractivity contribution in [2.75, 3.05) is 6.61 Å². The lowest BCUT2D eigenvalue weighted by atomic mass is 10.1. The van der Waals surface area contributed by atoms with Gasteiger partial charge in [0.1, 0.15) is 12.2 Å². The summed E-state index contributed by atoms with van der Waals surface area (Å²) in [6.45, 7) is 31.2. The second kappa shape index (κ2) is 11.4. The highest BCUT2D eigenvalue weighted by Gasteiger charge is 2.51. The summed E-state index contributed by atoms with van der Waals surface area (Å²) in [7, 11) is -14.4. The summed E-state index contributed by atoms with van der Waals surface area (Å²) in [6.07, 6.45) is -2.27. The number of hydrogen-bond acceptors (Lipinski definition) is 8. The zero-order valence-electron chi connectivity index (χ0n) is 24.2. The van der Waals surface area contributed by atoms with Crippen molar-refractivity contribution in [1.82, 2.24) is 0 Å². The van der Waals surface area contributed by atoms with Crippen LogP contribution in [-0.2, 0) is 35.5 Å². The maximum Gasteiger partial charge on any atom is 0.457 e. The normalized spacial score (nSPS) is 26.1. The Balaban J connectivity index is 3.45. The Hall–Kier alpha value is 1.03. The molecule has 1 aliphatic rings. The molecule has 0 amide bonds.